The normalized spacial score (nSPS) is 19.7. The molecule has 3 heteroatoms. The second kappa shape index (κ2) is 6.40. The van der Waals surface area contributed by atoms with E-state index in [1.165, 1.54) is 11.1 Å². The number of aromatic hydroxyl groups is 1. The van der Waals surface area contributed by atoms with Crippen LogP contribution in [0, 0.1) is 5.92 Å². The summed E-state index contributed by atoms with van der Waals surface area (Å²) in [6.45, 7) is 8.01. The van der Waals surface area contributed by atoms with Crippen molar-refractivity contribution in [2.45, 2.75) is 45.7 Å². The van der Waals surface area contributed by atoms with Crippen LogP contribution in [-0.2, 0) is 11.2 Å². The monoisotopic (exact) mass is 263 g/mol. The molecule has 19 heavy (non-hydrogen) atoms. The highest BCUT2D eigenvalue weighted by atomic mass is 16.5. The third-order valence-electron chi connectivity index (χ3n) is 3.93. The SMILES string of the molecule is CCOCC(NC1CCc2cc(O)ccc21)C(C)C. The van der Waals surface area contributed by atoms with E-state index in [0.717, 1.165) is 26.1 Å². The van der Waals surface area contributed by atoms with Crippen LogP contribution in [-0.4, -0.2) is 24.4 Å². The van der Waals surface area contributed by atoms with Crippen LogP contribution in [0.2, 0.25) is 0 Å². The first-order valence-corrected chi connectivity index (χ1v) is 7.27. The molecule has 0 saturated carbocycles. The molecule has 0 spiro atoms. The van der Waals surface area contributed by atoms with Gasteiger partial charge in [-0.3, -0.25) is 0 Å². The molecule has 1 aliphatic carbocycles. The molecule has 2 N–H and O–H groups in total. The topological polar surface area (TPSA) is 41.5 Å². The Kier molecular flexibility index (Phi) is 4.83. The Morgan fingerprint density at radius 1 is 1.42 bits per heavy atom. The first kappa shape index (κ1) is 14.4. The number of fused-ring (bicyclic) bond motifs is 1. The Morgan fingerprint density at radius 3 is 2.89 bits per heavy atom. The molecule has 0 fully saturated rings. The van der Waals surface area contributed by atoms with Gasteiger partial charge in [0, 0.05) is 18.7 Å². The van der Waals surface area contributed by atoms with E-state index in [-0.39, 0.29) is 0 Å². The van der Waals surface area contributed by atoms with Gasteiger partial charge in [0.15, 0.2) is 0 Å². The fourth-order valence-electron chi connectivity index (χ4n) is 2.71. The molecule has 106 valence electrons. The van der Waals surface area contributed by atoms with Crippen molar-refractivity contribution in [3.63, 3.8) is 0 Å². The van der Waals surface area contributed by atoms with E-state index in [2.05, 4.69) is 19.2 Å². The van der Waals surface area contributed by atoms with Gasteiger partial charge in [0.2, 0.25) is 0 Å². The Balaban J connectivity index is 2.04. The van der Waals surface area contributed by atoms with Crippen molar-refractivity contribution in [1.82, 2.24) is 5.32 Å². The van der Waals surface area contributed by atoms with Crippen LogP contribution >= 0.6 is 0 Å². The lowest BCUT2D eigenvalue weighted by atomic mass is 10.0. The highest BCUT2D eigenvalue weighted by Crippen LogP contribution is 2.33. The van der Waals surface area contributed by atoms with Gasteiger partial charge in [0.25, 0.3) is 0 Å². The summed E-state index contributed by atoms with van der Waals surface area (Å²) in [5.41, 5.74) is 2.61. The molecule has 2 atom stereocenters. The van der Waals surface area contributed by atoms with Crippen LogP contribution in [0.25, 0.3) is 0 Å². The van der Waals surface area contributed by atoms with E-state index in [4.69, 9.17) is 4.74 Å². The molecule has 0 aromatic heterocycles. The van der Waals surface area contributed by atoms with Crippen LogP contribution in [0.4, 0.5) is 0 Å². The molecule has 1 aromatic carbocycles. The summed E-state index contributed by atoms with van der Waals surface area (Å²) in [4.78, 5) is 0. The summed E-state index contributed by atoms with van der Waals surface area (Å²) in [6, 6.07) is 6.50. The standard InChI is InChI=1S/C16H25NO2/c1-4-19-10-16(11(2)3)17-15-8-5-12-9-13(18)6-7-14(12)15/h6-7,9,11,15-18H,4-5,8,10H2,1-3H3. The number of nitrogens with one attached hydrogen (secondary N) is 1. The van der Waals surface area contributed by atoms with Crippen LogP contribution < -0.4 is 5.32 Å². The van der Waals surface area contributed by atoms with Crippen molar-refractivity contribution in [1.29, 1.82) is 0 Å². The number of ether oxygens (including phenoxy) is 1. The van der Waals surface area contributed by atoms with Gasteiger partial charge in [-0.25, -0.2) is 0 Å². The van der Waals surface area contributed by atoms with Crippen LogP contribution in [0.5, 0.6) is 5.75 Å². The van der Waals surface area contributed by atoms with Gasteiger partial charge in [-0.1, -0.05) is 19.9 Å². The lowest BCUT2D eigenvalue weighted by molar-refractivity contribution is 0.103. The Hall–Kier alpha value is -1.06. The van der Waals surface area contributed by atoms with E-state index >= 15 is 0 Å². The first-order chi connectivity index (χ1) is 9.11. The van der Waals surface area contributed by atoms with E-state index < -0.39 is 0 Å². The van der Waals surface area contributed by atoms with Gasteiger partial charge in [-0.2, -0.15) is 0 Å². The molecule has 2 unspecified atom stereocenters. The molecule has 1 aromatic rings. The second-order valence-electron chi connectivity index (χ2n) is 5.65. The molecule has 2 rings (SSSR count). The maximum absolute atomic E-state index is 9.53. The second-order valence-corrected chi connectivity index (χ2v) is 5.65. The number of hydrogen-bond donors (Lipinski definition) is 2. The lowest BCUT2D eigenvalue weighted by Crippen LogP contribution is -2.39. The zero-order valence-electron chi connectivity index (χ0n) is 12.1. The lowest BCUT2D eigenvalue weighted by Gasteiger charge is -2.26. The number of hydrogen-bond acceptors (Lipinski definition) is 3. The third kappa shape index (κ3) is 3.48. The largest absolute Gasteiger partial charge is 0.508 e. The average Bonchev–Trinajstić information content (AvgIpc) is 2.76. The van der Waals surface area contributed by atoms with Crippen molar-refractivity contribution in [3.8, 4) is 5.75 Å². The van der Waals surface area contributed by atoms with Gasteiger partial charge in [0.05, 0.1) is 6.61 Å². The molecule has 0 saturated heterocycles. The smallest absolute Gasteiger partial charge is 0.115 e. The van der Waals surface area contributed by atoms with Crippen LogP contribution in [0.15, 0.2) is 18.2 Å². The fraction of sp³-hybridized carbons (Fsp3) is 0.625. The average molecular weight is 263 g/mol. The minimum Gasteiger partial charge on any atom is -0.508 e. The molecule has 0 aliphatic heterocycles. The first-order valence-electron chi connectivity index (χ1n) is 7.27. The molecule has 0 amide bonds. The van der Waals surface area contributed by atoms with Crippen molar-refractivity contribution in [3.05, 3.63) is 29.3 Å². The minimum atomic E-state index is 0.370. The summed E-state index contributed by atoms with van der Waals surface area (Å²) >= 11 is 0. The quantitative estimate of drug-likeness (QED) is 0.829. The Labute approximate surface area is 116 Å². The number of phenolic OH excluding ortho intramolecular Hbond substituents is 1. The van der Waals surface area contributed by atoms with E-state index in [9.17, 15) is 5.11 Å². The summed E-state index contributed by atoms with van der Waals surface area (Å²) in [5, 5.41) is 13.2. The van der Waals surface area contributed by atoms with E-state index in [0.29, 0.717) is 23.8 Å². The molecule has 3 nitrogen and oxygen atoms in total. The van der Waals surface area contributed by atoms with E-state index in [1.807, 2.05) is 19.1 Å². The molecule has 0 radical (unpaired) electrons. The fourth-order valence-corrected chi connectivity index (χ4v) is 2.71. The summed E-state index contributed by atoms with van der Waals surface area (Å²) in [6.07, 6.45) is 2.15. The van der Waals surface area contributed by atoms with Gasteiger partial charge in [0.1, 0.15) is 5.75 Å². The highest BCUT2D eigenvalue weighted by molar-refractivity contribution is 5.40. The van der Waals surface area contributed by atoms with Gasteiger partial charge < -0.3 is 15.2 Å². The van der Waals surface area contributed by atoms with Gasteiger partial charge >= 0.3 is 0 Å². The zero-order valence-corrected chi connectivity index (χ0v) is 12.1. The minimum absolute atomic E-state index is 0.370. The van der Waals surface area contributed by atoms with Crippen molar-refractivity contribution >= 4 is 0 Å². The summed E-state index contributed by atoms with van der Waals surface area (Å²) in [5.74, 6) is 0.918. The number of phenols is 1. The van der Waals surface area contributed by atoms with Crippen LogP contribution in [0.1, 0.15) is 44.4 Å². The maximum atomic E-state index is 9.53. The van der Waals surface area contributed by atoms with Crippen molar-refractivity contribution in [2.75, 3.05) is 13.2 Å². The van der Waals surface area contributed by atoms with E-state index in [1.54, 1.807) is 6.07 Å². The summed E-state index contributed by atoms with van der Waals surface area (Å²) < 4.78 is 5.57. The molecular formula is C16H25NO2. The molecule has 0 bridgehead atoms. The molecular weight excluding hydrogens is 238 g/mol. The molecule has 0 heterocycles. The molecule has 1 aliphatic rings. The Morgan fingerprint density at radius 2 is 2.21 bits per heavy atom. The Bertz CT molecular complexity index is 417. The van der Waals surface area contributed by atoms with Gasteiger partial charge in [-0.15, -0.1) is 0 Å². The maximum Gasteiger partial charge on any atom is 0.115 e. The number of aryl methyl sites for hydroxylation is 1. The third-order valence-corrected chi connectivity index (χ3v) is 3.93. The van der Waals surface area contributed by atoms with Crippen molar-refractivity contribution in [2.24, 2.45) is 5.92 Å². The highest BCUT2D eigenvalue weighted by Gasteiger charge is 2.26. The number of rotatable bonds is 6. The van der Waals surface area contributed by atoms with Gasteiger partial charge in [-0.05, 0) is 48.9 Å². The predicted octanol–water partition coefficient (Wildman–Crippen LogP) is 3.03. The zero-order chi connectivity index (χ0) is 13.8. The van der Waals surface area contributed by atoms with Crippen LogP contribution in [0.3, 0.4) is 0 Å². The predicted molar refractivity (Wildman–Crippen MR) is 77.4 cm³/mol. The number of benzene rings is 1. The van der Waals surface area contributed by atoms with Crippen molar-refractivity contribution < 1.29 is 9.84 Å². The summed E-state index contributed by atoms with van der Waals surface area (Å²) in [7, 11) is 0.